The first kappa shape index (κ1) is 14.3. The van der Waals surface area contributed by atoms with Crippen LogP contribution in [-0.4, -0.2) is 44.4 Å². The van der Waals surface area contributed by atoms with Crippen molar-refractivity contribution in [2.75, 3.05) is 27.3 Å². The molecule has 1 heterocycles. The largest absolute Gasteiger partial charge is 0.497 e. The Kier molecular flexibility index (Phi) is 4.80. The average molecular weight is 264 g/mol. The molecule has 19 heavy (non-hydrogen) atoms. The highest BCUT2D eigenvalue weighted by Crippen LogP contribution is 2.30. The zero-order valence-electron chi connectivity index (χ0n) is 12.0. The predicted octanol–water partition coefficient (Wildman–Crippen LogP) is 1.80. The lowest BCUT2D eigenvalue weighted by Gasteiger charge is -2.31. The van der Waals surface area contributed by atoms with E-state index in [9.17, 15) is 0 Å². The molecule has 0 spiro atoms. The number of hydrogen-bond donors (Lipinski definition) is 1. The van der Waals surface area contributed by atoms with Crippen molar-refractivity contribution in [1.82, 2.24) is 4.90 Å². The number of ether oxygens (including phenoxy) is 2. The topological polar surface area (TPSA) is 47.7 Å². The van der Waals surface area contributed by atoms with Crippen LogP contribution in [-0.2, 0) is 4.74 Å². The summed E-state index contributed by atoms with van der Waals surface area (Å²) in [6.45, 7) is 4.03. The van der Waals surface area contributed by atoms with E-state index in [2.05, 4.69) is 24.0 Å². The highest BCUT2D eigenvalue weighted by molar-refractivity contribution is 5.31. The van der Waals surface area contributed by atoms with Crippen LogP contribution in [0, 0.1) is 0 Å². The van der Waals surface area contributed by atoms with Crippen LogP contribution in [0.15, 0.2) is 24.3 Å². The quantitative estimate of drug-likeness (QED) is 0.881. The highest BCUT2D eigenvalue weighted by Gasteiger charge is 2.31. The standard InChI is InChI=1S/C15H24N2O2/c1-11(16)15(17-8-7-14(10-17)19-3)12-5-4-6-13(9-12)18-2/h4-6,9,11,14-15H,7-8,10,16H2,1-3H3. The molecule has 4 heteroatoms. The number of likely N-dealkylation sites (tertiary alicyclic amines) is 1. The summed E-state index contributed by atoms with van der Waals surface area (Å²) in [7, 11) is 3.47. The van der Waals surface area contributed by atoms with Crippen LogP contribution in [0.3, 0.4) is 0 Å². The van der Waals surface area contributed by atoms with Gasteiger partial charge < -0.3 is 15.2 Å². The van der Waals surface area contributed by atoms with E-state index in [4.69, 9.17) is 15.2 Å². The molecule has 3 unspecified atom stereocenters. The molecular weight excluding hydrogens is 240 g/mol. The van der Waals surface area contributed by atoms with Crippen molar-refractivity contribution < 1.29 is 9.47 Å². The number of rotatable bonds is 5. The van der Waals surface area contributed by atoms with Gasteiger partial charge in [-0.05, 0) is 31.0 Å². The Morgan fingerprint density at radius 2 is 2.16 bits per heavy atom. The Labute approximate surface area is 115 Å². The Morgan fingerprint density at radius 3 is 2.74 bits per heavy atom. The van der Waals surface area contributed by atoms with Gasteiger partial charge in [-0.15, -0.1) is 0 Å². The van der Waals surface area contributed by atoms with Gasteiger partial charge in [0, 0.05) is 32.3 Å². The van der Waals surface area contributed by atoms with Gasteiger partial charge in [-0.1, -0.05) is 12.1 Å². The van der Waals surface area contributed by atoms with Gasteiger partial charge in [0.05, 0.1) is 13.2 Å². The molecule has 1 aromatic carbocycles. The molecule has 1 saturated heterocycles. The van der Waals surface area contributed by atoms with Crippen molar-refractivity contribution in [3.63, 3.8) is 0 Å². The summed E-state index contributed by atoms with van der Waals surface area (Å²) >= 11 is 0. The zero-order chi connectivity index (χ0) is 13.8. The maximum atomic E-state index is 6.20. The third-order valence-corrected chi connectivity index (χ3v) is 3.84. The first-order valence-corrected chi connectivity index (χ1v) is 6.82. The van der Waals surface area contributed by atoms with Gasteiger partial charge in [0.15, 0.2) is 0 Å². The van der Waals surface area contributed by atoms with E-state index in [0.29, 0.717) is 6.10 Å². The molecular formula is C15H24N2O2. The summed E-state index contributed by atoms with van der Waals surface area (Å²) in [6, 6.07) is 8.47. The smallest absolute Gasteiger partial charge is 0.119 e. The monoisotopic (exact) mass is 264 g/mol. The van der Waals surface area contributed by atoms with E-state index >= 15 is 0 Å². The highest BCUT2D eigenvalue weighted by atomic mass is 16.5. The molecule has 2 N–H and O–H groups in total. The number of benzene rings is 1. The van der Waals surface area contributed by atoms with Crippen LogP contribution in [0.25, 0.3) is 0 Å². The molecule has 1 fully saturated rings. The molecule has 1 aliphatic heterocycles. The summed E-state index contributed by atoms with van der Waals surface area (Å²) in [5.41, 5.74) is 7.42. The minimum absolute atomic E-state index is 0.0720. The first-order chi connectivity index (χ1) is 9.15. The van der Waals surface area contributed by atoms with E-state index in [1.165, 1.54) is 5.56 Å². The van der Waals surface area contributed by atoms with Gasteiger partial charge in [0.2, 0.25) is 0 Å². The normalized spacial score (nSPS) is 23.3. The molecule has 1 aromatic rings. The van der Waals surface area contributed by atoms with E-state index in [1.54, 1.807) is 14.2 Å². The van der Waals surface area contributed by atoms with Gasteiger partial charge in [-0.3, -0.25) is 4.90 Å². The van der Waals surface area contributed by atoms with Crippen LogP contribution >= 0.6 is 0 Å². The zero-order valence-corrected chi connectivity index (χ0v) is 12.0. The lowest BCUT2D eigenvalue weighted by molar-refractivity contribution is 0.0981. The minimum Gasteiger partial charge on any atom is -0.497 e. The number of methoxy groups -OCH3 is 2. The fourth-order valence-corrected chi connectivity index (χ4v) is 2.87. The number of nitrogens with two attached hydrogens (primary N) is 1. The third-order valence-electron chi connectivity index (χ3n) is 3.84. The maximum absolute atomic E-state index is 6.20. The summed E-state index contributed by atoms with van der Waals surface area (Å²) in [4.78, 5) is 2.41. The predicted molar refractivity (Wildman–Crippen MR) is 76.4 cm³/mol. The molecule has 0 radical (unpaired) electrons. The minimum atomic E-state index is 0.0720. The Balaban J connectivity index is 2.20. The fourth-order valence-electron chi connectivity index (χ4n) is 2.87. The van der Waals surface area contributed by atoms with Crippen LogP contribution in [0.4, 0.5) is 0 Å². The number of nitrogens with zero attached hydrogens (tertiary/aromatic N) is 1. The van der Waals surface area contributed by atoms with Gasteiger partial charge in [-0.25, -0.2) is 0 Å². The molecule has 3 atom stereocenters. The molecule has 106 valence electrons. The van der Waals surface area contributed by atoms with E-state index in [-0.39, 0.29) is 12.1 Å². The van der Waals surface area contributed by atoms with E-state index in [1.807, 2.05) is 12.1 Å². The summed E-state index contributed by atoms with van der Waals surface area (Å²) < 4.78 is 10.8. The molecule has 1 aliphatic rings. The summed E-state index contributed by atoms with van der Waals surface area (Å²) in [5, 5.41) is 0. The Bertz CT molecular complexity index is 409. The van der Waals surface area contributed by atoms with Crippen LogP contribution in [0.5, 0.6) is 5.75 Å². The van der Waals surface area contributed by atoms with Crippen LogP contribution < -0.4 is 10.5 Å². The third kappa shape index (κ3) is 3.26. The number of hydrogen-bond acceptors (Lipinski definition) is 4. The second-order valence-electron chi connectivity index (χ2n) is 5.22. The summed E-state index contributed by atoms with van der Waals surface area (Å²) in [6.07, 6.45) is 1.40. The van der Waals surface area contributed by atoms with Crippen LogP contribution in [0.2, 0.25) is 0 Å². The maximum Gasteiger partial charge on any atom is 0.119 e. The molecule has 2 rings (SSSR count). The SMILES string of the molecule is COc1cccc(C(C(C)N)N2CCC(OC)C2)c1. The van der Waals surface area contributed by atoms with Crippen molar-refractivity contribution >= 4 is 0 Å². The lowest BCUT2D eigenvalue weighted by atomic mass is 9.99. The second-order valence-corrected chi connectivity index (χ2v) is 5.22. The van der Waals surface area contributed by atoms with E-state index < -0.39 is 0 Å². The molecule has 4 nitrogen and oxygen atoms in total. The van der Waals surface area contributed by atoms with Crippen molar-refractivity contribution in [2.24, 2.45) is 5.73 Å². The van der Waals surface area contributed by atoms with Crippen molar-refractivity contribution in [1.29, 1.82) is 0 Å². The molecule has 0 aromatic heterocycles. The van der Waals surface area contributed by atoms with Crippen LogP contribution in [0.1, 0.15) is 24.9 Å². The van der Waals surface area contributed by atoms with E-state index in [0.717, 1.165) is 25.3 Å². The van der Waals surface area contributed by atoms with Gasteiger partial charge >= 0.3 is 0 Å². The first-order valence-electron chi connectivity index (χ1n) is 6.82. The Hall–Kier alpha value is -1.10. The molecule has 0 bridgehead atoms. The summed E-state index contributed by atoms with van der Waals surface area (Å²) in [5.74, 6) is 0.880. The van der Waals surface area contributed by atoms with Crippen molar-refractivity contribution in [3.05, 3.63) is 29.8 Å². The molecule has 0 saturated carbocycles. The van der Waals surface area contributed by atoms with Gasteiger partial charge in [0.25, 0.3) is 0 Å². The molecule has 0 aliphatic carbocycles. The van der Waals surface area contributed by atoms with Gasteiger partial charge in [-0.2, -0.15) is 0 Å². The average Bonchev–Trinajstić information content (AvgIpc) is 2.87. The lowest BCUT2D eigenvalue weighted by Crippen LogP contribution is -2.38. The Morgan fingerprint density at radius 1 is 1.37 bits per heavy atom. The molecule has 0 amide bonds. The van der Waals surface area contributed by atoms with Crippen molar-refractivity contribution in [3.8, 4) is 5.75 Å². The van der Waals surface area contributed by atoms with Crippen molar-refractivity contribution in [2.45, 2.75) is 31.5 Å². The van der Waals surface area contributed by atoms with Gasteiger partial charge in [0.1, 0.15) is 5.75 Å². The second kappa shape index (κ2) is 6.37. The fraction of sp³-hybridized carbons (Fsp3) is 0.600.